The summed E-state index contributed by atoms with van der Waals surface area (Å²) < 4.78 is 20.5. The fourth-order valence-corrected chi connectivity index (χ4v) is 13.7. The van der Waals surface area contributed by atoms with Crippen molar-refractivity contribution in [2.24, 2.45) is 0 Å². The lowest BCUT2D eigenvalue weighted by Gasteiger charge is -2.54. The lowest BCUT2D eigenvalue weighted by atomic mass is 9.29. The minimum Gasteiger partial charge on any atom is -0.458 e. The van der Waals surface area contributed by atoms with Gasteiger partial charge in [-0.1, -0.05) is 121 Å². The van der Waals surface area contributed by atoms with Crippen LogP contribution in [0.4, 0.5) is 0 Å². The Morgan fingerprint density at radius 3 is 1.31 bits per heavy atom. The lowest BCUT2D eigenvalue weighted by molar-refractivity contribution is 0.233. The maximum atomic E-state index is 7.78. The van der Waals surface area contributed by atoms with Crippen LogP contribution < -0.4 is 25.9 Å². The molecular formula is C57H49BN2O2. The second kappa shape index (κ2) is 11.2. The third-order valence-corrected chi connectivity index (χ3v) is 16.5. The molecule has 5 heteroatoms. The van der Waals surface area contributed by atoms with Gasteiger partial charge in [0.05, 0.1) is 22.1 Å². The van der Waals surface area contributed by atoms with E-state index in [0.29, 0.717) is 0 Å². The Morgan fingerprint density at radius 1 is 0.435 bits per heavy atom. The first-order valence-corrected chi connectivity index (χ1v) is 22.8. The van der Waals surface area contributed by atoms with Crippen molar-refractivity contribution in [3.63, 3.8) is 0 Å². The van der Waals surface area contributed by atoms with E-state index in [1.165, 1.54) is 101 Å². The Hall–Kier alpha value is -6.20. The molecule has 2 aliphatic carbocycles. The summed E-state index contributed by atoms with van der Waals surface area (Å²) in [5, 5.41) is 5.18. The first-order valence-electron chi connectivity index (χ1n) is 22.8. The summed E-state index contributed by atoms with van der Waals surface area (Å²) in [6.45, 7) is 17.3. The van der Waals surface area contributed by atoms with Gasteiger partial charge in [0.1, 0.15) is 23.0 Å². The molecule has 9 aromatic rings. The number of hydrogen-bond acceptors (Lipinski definition) is 2. The number of fused-ring (bicyclic) bond motifs is 10. The van der Waals surface area contributed by atoms with Gasteiger partial charge in [0.2, 0.25) is 0 Å². The molecule has 0 unspecified atom stereocenters. The van der Waals surface area contributed by atoms with Crippen LogP contribution in [0.1, 0.15) is 102 Å². The molecule has 0 spiro atoms. The van der Waals surface area contributed by atoms with E-state index < -0.39 is 5.41 Å². The first kappa shape index (κ1) is 35.4. The largest absolute Gasteiger partial charge is 0.458 e. The number of nitrogens with zero attached hydrogens (tertiary/aromatic N) is 2. The summed E-state index contributed by atoms with van der Waals surface area (Å²) in [7, 11) is 0. The second-order valence-corrected chi connectivity index (χ2v) is 21.3. The Kier molecular flexibility index (Phi) is 6.42. The van der Waals surface area contributed by atoms with Crippen molar-refractivity contribution in [2.45, 2.75) is 95.8 Å². The molecular weight excluding hydrogens is 755 g/mol. The van der Waals surface area contributed by atoms with Crippen molar-refractivity contribution in [1.29, 1.82) is 0 Å². The van der Waals surface area contributed by atoms with Crippen LogP contribution in [-0.2, 0) is 21.7 Å². The fraction of sp³-hybridized carbons (Fsp3) is 0.263. The molecule has 62 heavy (non-hydrogen) atoms. The molecule has 302 valence electrons. The van der Waals surface area contributed by atoms with Crippen LogP contribution in [-0.4, -0.2) is 15.8 Å². The van der Waals surface area contributed by atoms with E-state index in [0.717, 1.165) is 47.2 Å². The van der Waals surface area contributed by atoms with E-state index in [4.69, 9.17) is 9.47 Å². The van der Waals surface area contributed by atoms with Crippen LogP contribution in [0.5, 0.6) is 23.0 Å². The minimum atomic E-state index is -0.456. The summed E-state index contributed by atoms with van der Waals surface area (Å²) >= 11 is 0. The molecule has 7 aromatic carbocycles. The molecule has 5 heterocycles. The molecule has 0 amide bonds. The van der Waals surface area contributed by atoms with Crippen molar-refractivity contribution in [3.8, 4) is 34.4 Å². The van der Waals surface area contributed by atoms with Crippen molar-refractivity contribution >= 4 is 66.7 Å². The molecule has 14 rings (SSSR count). The zero-order valence-electron chi connectivity index (χ0n) is 36.7. The standard InChI is InChI=1S/C57H49BN2O2/c1-54(2)26-28-57(7)29-27-55(3,4)48-46(57)47(54)52-51-53(48)62-41-31-39-43(35-23-15-17-25-37(35)60(39)33-20-12-9-13-21-33)45-50(41)58(51)49-40(61-52)30-38-42(44(49)56(45,5)6)34-22-14-16-24-36(34)59(38)32-18-10-8-11-19-32/h8-25,30-31H,26-29H2,1-7H3. The lowest BCUT2D eigenvalue weighted by Crippen LogP contribution is -2.65. The highest BCUT2D eigenvalue weighted by Crippen LogP contribution is 2.63. The maximum absolute atomic E-state index is 7.78. The topological polar surface area (TPSA) is 28.3 Å². The molecule has 0 saturated carbocycles. The van der Waals surface area contributed by atoms with Crippen molar-refractivity contribution < 1.29 is 9.47 Å². The molecule has 5 aliphatic rings. The number of hydrogen-bond donors (Lipinski definition) is 0. The van der Waals surface area contributed by atoms with Crippen LogP contribution in [0.3, 0.4) is 0 Å². The Morgan fingerprint density at radius 2 is 0.855 bits per heavy atom. The molecule has 0 saturated heterocycles. The summed E-state index contributed by atoms with van der Waals surface area (Å²) in [4.78, 5) is 0. The predicted molar refractivity (Wildman–Crippen MR) is 257 cm³/mol. The van der Waals surface area contributed by atoms with Gasteiger partial charge in [-0.05, 0) is 106 Å². The highest BCUT2D eigenvalue weighted by atomic mass is 16.5. The number of ether oxygens (including phenoxy) is 2. The van der Waals surface area contributed by atoms with E-state index in [-0.39, 0.29) is 23.0 Å². The van der Waals surface area contributed by atoms with E-state index in [1.54, 1.807) is 0 Å². The highest BCUT2D eigenvalue weighted by Gasteiger charge is 2.58. The molecule has 3 aliphatic heterocycles. The van der Waals surface area contributed by atoms with Gasteiger partial charge in [-0.25, -0.2) is 0 Å². The smallest absolute Gasteiger partial charge is 0.261 e. The van der Waals surface area contributed by atoms with Crippen molar-refractivity contribution in [1.82, 2.24) is 9.13 Å². The monoisotopic (exact) mass is 804 g/mol. The third-order valence-electron chi connectivity index (χ3n) is 16.5. The molecule has 2 aromatic heterocycles. The van der Waals surface area contributed by atoms with Crippen LogP contribution in [0.25, 0.3) is 55.0 Å². The number of benzene rings is 7. The molecule has 0 fully saturated rings. The molecule has 0 atom stereocenters. The average Bonchev–Trinajstić information content (AvgIpc) is 3.77. The van der Waals surface area contributed by atoms with Crippen LogP contribution in [0, 0.1) is 0 Å². The number of para-hydroxylation sites is 4. The number of aromatic nitrogens is 2. The first-order chi connectivity index (χ1) is 29.9. The molecule has 0 radical (unpaired) electrons. The number of rotatable bonds is 2. The summed E-state index contributed by atoms with van der Waals surface area (Å²) in [6, 6.07) is 44.7. The van der Waals surface area contributed by atoms with Gasteiger partial charge < -0.3 is 18.6 Å². The SMILES string of the molecule is CC1(C)CCC2(C)CCC(C)(C)c3c4c5c(c1c32)Oc1cc2c(c3c1B5c1c(cc5c(c1C3(C)C)c1ccccc1n5-c1ccccc1)O4)c1ccccc1n2-c1ccccc1. The van der Waals surface area contributed by atoms with Gasteiger partial charge in [0, 0.05) is 67.1 Å². The summed E-state index contributed by atoms with van der Waals surface area (Å²) in [5.41, 5.74) is 17.5. The molecule has 4 nitrogen and oxygen atoms in total. The highest BCUT2D eigenvalue weighted by molar-refractivity contribution is 6.99. The van der Waals surface area contributed by atoms with Gasteiger partial charge in [-0.15, -0.1) is 0 Å². The Bertz CT molecular complexity index is 3290. The van der Waals surface area contributed by atoms with Gasteiger partial charge in [0.15, 0.2) is 0 Å². The fourth-order valence-electron chi connectivity index (χ4n) is 13.7. The Labute approximate surface area is 363 Å². The van der Waals surface area contributed by atoms with Crippen molar-refractivity contribution in [2.75, 3.05) is 0 Å². The van der Waals surface area contributed by atoms with Crippen LogP contribution >= 0.6 is 0 Å². The van der Waals surface area contributed by atoms with Crippen LogP contribution in [0.2, 0.25) is 0 Å². The van der Waals surface area contributed by atoms with Gasteiger partial charge >= 0.3 is 0 Å². The molecule has 0 bridgehead atoms. The zero-order valence-corrected chi connectivity index (χ0v) is 36.7. The minimum absolute atomic E-state index is 0.0484. The quantitative estimate of drug-likeness (QED) is 0.163. The predicted octanol–water partition coefficient (Wildman–Crippen LogP) is 12.6. The average molecular weight is 805 g/mol. The van der Waals surface area contributed by atoms with Gasteiger partial charge in [0.25, 0.3) is 6.71 Å². The normalized spacial score (nSPS) is 18.7. The van der Waals surface area contributed by atoms with Crippen LogP contribution in [0.15, 0.2) is 121 Å². The summed E-state index contributed by atoms with van der Waals surface area (Å²) in [6.07, 6.45) is 4.60. The second-order valence-electron chi connectivity index (χ2n) is 21.3. The third kappa shape index (κ3) is 4.08. The Balaban J connectivity index is 1.23. The zero-order chi connectivity index (χ0) is 41.8. The van der Waals surface area contributed by atoms with E-state index in [9.17, 15) is 0 Å². The molecule has 0 N–H and O–H groups in total. The maximum Gasteiger partial charge on any atom is 0.261 e. The van der Waals surface area contributed by atoms with E-state index in [1.807, 2.05) is 0 Å². The van der Waals surface area contributed by atoms with Gasteiger partial charge in [-0.3, -0.25) is 0 Å². The van der Waals surface area contributed by atoms with E-state index >= 15 is 0 Å². The van der Waals surface area contributed by atoms with E-state index in [2.05, 4.69) is 179 Å². The van der Waals surface area contributed by atoms with Crippen molar-refractivity contribution in [3.05, 3.63) is 149 Å². The van der Waals surface area contributed by atoms with Gasteiger partial charge in [-0.2, -0.15) is 0 Å². The summed E-state index contributed by atoms with van der Waals surface area (Å²) in [5.74, 6) is 4.09.